The third-order valence-electron chi connectivity index (χ3n) is 3.19. The number of nitrogens with zero attached hydrogens (tertiary/aromatic N) is 3. The number of carboxylic acids is 1. The molecule has 0 atom stereocenters. The number of hydrogen-bond donors (Lipinski definition) is 1. The fourth-order valence-corrected chi connectivity index (χ4v) is 2.59. The first kappa shape index (κ1) is 25.1. The van der Waals surface area contributed by atoms with Gasteiger partial charge < -0.3 is 9.84 Å². The van der Waals surface area contributed by atoms with E-state index >= 15 is 0 Å². The summed E-state index contributed by atoms with van der Waals surface area (Å²) in [7, 11) is -0.601. The number of rotatable bonds is 7. The highest BCUT2D eigenvalue weighted by Gasteiger charge is 2.18. The van der Waals surface area contributed by atoms with Gasteiger partial charge in [0.2, 0.25) is 0 Å². The molecule has 6 nitrogen and oxygen atoms in total. The van der Waals surface area contributed by atoms with Gasteiger partial charge in [-0.05, 0) is 37.8 Å². The van der Waals surface area contributed by atoms with Gasteiger partial charge in [0.1, 0.15) is 18.0 Å². The largest absolute Gasteiger partial charge is 0.478 e. The van der Waals surface area contributed by atoms with E-state index in [1.165, 1.54) is 10.9 Å². The lowest BCUT2D eigenvalue weighted by Crippen LogP contribution is -2.10. The number of ether oxygens (including phenoxy) is 1. The summed E-state index contributed by atoms with van der Waals surface area (Å²) >= 11 is 0. The number of aryl methyl sites for hydroxylation is 1. The van der Waals surface area contributed by atoms with E-state index in [9.17, 15) is 9.90 Å². The van der Waals surface area contributed by atoms with Crippen molar-refractivity contribution in [3.05, 3.63) is 35.7 Å². The minimum absolute atomic E-state index is 0.133. The van der Waals surface area contributed by atoms with Crippen LogP contribution in [0.15, 0.2) is 24.4 Å². The second kappa shape index (κ2) is 12.5. The van der Waals surface area contributed by atoms with Crippen molar-refractivity contribution in [1.29, 1.82) is 0 Å². The number of hydrogen-bond acceptors (Lipinski definition) is 4. The second-order valence-electron chi connectivity index (χ2n) is 6.23. The van der Waals surface area contributed by atoms with Gasteiger partial charge in [0.15, 0.2) is 0 Å². The molecule has 0 spiro atoms. The molecule has 2 aromatic rings. The van der Waals surface area contributed by atoms with Crippen LogP contribution in [0.5, 0.6) is 0 Å². The fourth-order valence-electron chi connectivity index (χ4n) is 1.98. The Bertz CT molecular complexity index is 694. The molecule has 0 unspecified atom stereocenters. The monoisotopic (exact) mass is 397 g/mol. The Balaban J connectivity index is 0.00000158. The standard InChI is InChI=1S/C16H23N3O3S.2C2H6/c1-12-6-5-7-14(17-12)15-13(16(20)21)10-19(18-15)11-22-8-9-23(2,3)4;2*1-2/h5-7,10H,8-9,11H2,1-4H3,(H,20,21);2*1-2H3. The molecule has 0 amide bonds. The lowest BCUT2D eigenvalue weighted by Gasteiger charge is -2.24. The predicted molar refractivity (Wildman–Crippen MR) is 116 cm³/mol. The van der Waals surface area contributed by atoms with E-state index in [0.717, 1.165) is 11.4 Å². The summed E-state index contributed by atoms with van der Waals surface area (Å²) < 4.78 is 7.13. The third kappa shape index (κ3) is 9.06. The maximum Gasteiger partial charge on any atom is 0.339 e. The number of pyridine rings is 1. The van der Waals surface area contributed by atoms with Crippen LogP contribution in [0.1, 0.15) is 43.7 Å². The van der Waals surface area contributed by atoms with Crippen molar-refractivity contribution in [3.63, 3.8) is 0 Å². The van der Waals surface area contributed by atoms with Crippen molar-refractivity contribution in [1.82, 2.24) is 14.8 Å². The summed E-state index contributed by atoms with van der Waals surface area (Å²) in [5, 5.41) is 13.7. The average molecular weight is 398 g/mol. The quantitative estimate of drug-likeness (QED) is 0.687. The van der Waals surface area contributed by atoms with E-state index in [0.29, 0.717) is 18.0 Å². The van der Waals surface area contributed by atoms with Crippen LogP contribution in [-0.4, -0.2) is 57.0 Å². The van der Waals surface area contributed by atoms with Crippen molar-refractivity contribution in [3.8, 4) is 11.4 Å². The van der Waals surface area contributed by atoms with Crippen LogP contribution in [0.4, 0.5) is 0 Å². The molecule has 2 aromatic heterocycles. The molecule has 0 aliphatic heterocycles. The smallest absolute Gasteiger partial charge is 0.339 e. The van der Waals surface area contributed by atoms with Gasteiger partial charge in [-0.25, -0.2) is 19.5 Å². The van der Waals surface area contributed by atoms with Crippen LogP contribution in [-0.2, 0) is 11.5 Å². The highest BCUT2D eigenvalue weighted by Crippen LogP contribution is 2.33. The molecule has 0 aliphatic carbocycles. The first-order chi connectivity index (χ1) is 12.8. The van der Waals surface area contributed by atoms with Gasteiger partial charge in [0.05, 0.1) is 12.3 Å². The van der Waals surface area contributed by atoms with E-state index < -0.39 is 16.0 Å². The van der Waals surface area contributed by atoms with Crippen LogP contribution in [0.2, 0.25) is 0 Å². The summed E-state index contributed by atoms with van der Waals surface area (Å²) in [4.78, 5) is 15.8. The topological polar surface area (TPSA) is 77.2 Å². The second-order valence-corrected chi connectivity index (χ2v) is 10.8. The van der Waals surface area contributed by atoms with Gasteiger partial charge in [0.25, 0.3) is 0 Å². The Hall–Kier alpha value is -1.86. The molecule has 154 valence electrons. The molecule has 2 heterocycles. The Morgan fingerprint density at radius 3 is 2.33 bits per heavy atom. The van der Waals surface area contributed by atoms with Gasteiger partial charge in [-0.1, -0.05) is 33.8 Å². The van der Waals surface area contributed by atoms with Gasteiger partial charge in [-0.3, -0.25) is 4.98 Å². The number of carboxylic acid groups (broad SMARTS) is 1. The zero-order valence-electron chi connectivity index (χ0n) is 17.9. The van der Waals surface area contributed by atoms with E-state index in [1.807, 2.05) is 46.8 Å². The van der Waals surface area contributed by atoms with Crippen molar-refractivity contribution in [2.45, 2.75) is 41.3 Å². The molecule has 0 bridgehead atoms. The highest BCUT2D eigenvalue weighted by molar-refractivity contribution is 8.32. The summed E-state index contributed by atoms with van der Waals surface area (Å²) in [5.41, 5.74) is 1.87. The number of aromatic carboxylic acids is 1. The van der Waals surface area contributed by atoms with E-state index in [2.05, 4.69) is 28.8 Å². The molecular formula is C20H35N3O3S. The van der Waals surface area contributed by atoms with Gasteiger partial charge in [-0.2, -0.15) is 5.10 Å². The minimum Gasteiger partial charge on any atom is -0.478 e. The molecule has 0 aromatic carbocycles. The third-order valence-corrected chi connectivity index (χ3v) is 4.58. The highest BCUT2D eigenvalue weighted by atomic mass is 32.3. The lowest BCUT2D eigenvalue weighted by atomic mass is 10.2. The summed E-state index contributed by atoms with van der Waals surface area (Å²) in [6.45, 7) is 10.7. The molecule has 0 fully saturated rings. The molecule has 0 radical (unpaired) electrons. The zero-order chi connectivity index (χ0) is 21.0. The molecule has 2 rings (SSSR count). The van der Waals surface area contributed by atoms with E-state index in [-0.39, 0.29) is 12.3 Å². The van der Waals surface area contributed by atoms with E-state index in [1.54, 1.807) is 6.07 Å². The van der Waals surface area contributed by atoms with Crippen molar-refractivity contribution < 1.29 is 14.6 Å². The SMILES string of the molecule is CC.CC.Cc1cccc(-c2nn(COCCS(C)(C)C)cc2C(=O)O)n1. The lowest BCUT2D eigenvalue weighted by molar-refractivity contribution is 0.0694. The first-order valence-corrected chi connectivity index (χ1v) is 12.3. The maximum atomic E-state index is 11.4. The van der Waals surface area contributed by atoms with Gasteiger partial charge in [-0.15, -0.1) is 0 Å². The molecule has 7 heteroatoms. The zero-order valence-corrected chi connectivity index (χ0v) is 18.8. The molecule has 27 heavy (non-hydrogen) atoms. The summed E-state index contributed by atoms with van der Waals surface area (Å²) in [6, 6.07) is 5.46. The molecule has 0 saturated heterocycles. The number of carbonyl (C=O) groups is 1. The van der Waals surface area contributed by atoms with Gasteiger partial charge >= 0.3 is 5.97 Å². The summed E-state index contributed by atoms with van der Waals surface area (Å²) in [6.07, 6.45) is 8.18. The van der Waals surface area contributed by atoms with Crippen LogP contribution < -0.4 is 0 Å². The molecule has 1 N–H and O–H groups in total. The van der Waals surface area contributed by atoms with Crippen LogP contribution >= 0.6 is 10.0 Å². The van der Waals surface area contributed by atoms with Crippen molar-refractivity contribution >= 4 is 16.0 Å². The Morgan fingerprint density at radius 2 is 1.81 bits per heavy atom. The van der Waals surface area contributed by atoms with Crippen LogP contribution in [0, 0.1) is 6.92 Å². The van der Waals surface area contributed by atoms with Gasteiger partial charge in [0, 0.05) is 17.6 Å². The molecular weight excluding hydrogens is 362 g/mol. The minimum atomic E-state index is -1.02. The van der Waals surface area contributed by atoms with Crippen LogP contribution in [0.3, 0.4) is 0 Å². The summed E-state index contributed by atoms with van der Waals surface area (Å²) in [5.74, 6) is -0.0134. The predicted octanol–water partition coefficient (Wildman–Crippen LogP) is 4.67. The van der Waals surface area contributed by atoms with E-state index in [4.69, 9.17) is 4.74 Å². The Kier molecular flexibility index (Phi) is 11.7. The van der Waals surface area contributed by atoms with Crippen molar-refractivity contribution in [2.24, 2.45) is 0 Å². The van der Waals surface area contributed by atoms with Crippen LogP contribution in [0.25, 0.3) is 11.4 Å². The average Bonchev–Trinajstić information content (AvgIpc) is 3.06. The maximum absolute atomic E-state index is 11.4. The normalized spacial score (nSPS) is 11.0. The first-order valence-electron chi connectivity index (χ1n) is 9.25. The number of aromatic nitrogens is 3. The van der Waals surface area contributed by atoms with Crippen molar-refractivity contribution in [2.75, 3.05) is 31.1 Å². The Morgan fingerprint density at radius 1 is 1.19 bits per heavy atom. The molecule has 0 aliphatic rings. The fraction of sp³-hybridized carbons (Fsp3) is 0.550. The Labute approximate surface area is 165 Å². The molecule has 0 saturated carbocycles.